The van der Waals surface area contributed by atoms with Crippen molar-refractivity contribution in [1.29, 1.82) is 5.26 Å². The van der Waals surface area contributed by atoms with E-state index in [9.17, 15) is 5.26 Å². The molecule has 2 aromatic heterocycles. The highest BCUT2D eigenvalue weighted by molar-refractivity contribution is 7.00. The number of nitrogens with zero attached hydrogens (tertiary/aromatic N) is 6. The second kappa shape index (κ2) is 23.3. The number of rotatable bonds is 11. The van der Waals surface area contributed by atoms with Crippen LogP contribution in [0.3, 0.4) is 0 Å². The summed E-state index contributed by atoms with van der Waals surface area (Å²) in [5, 5.41) is 12.8. The van der Waals surface area contributed by atoms with E-state index in [4.69, 9.17) is 9.97 Å². The van der Waals surface area contributed by atoms with Gasteiger partial charge in [0.1, 0.15) is 0 Å². The molecular weight excluding hydrogens is 1160 g/mol. The molecule has 0 aliphatic carbocycles. The number of anilines is 6. The van der Waals surface area contributed by atoms with E-state index in [1.165, 1.54) is 16.4 Å². The van der Waals surface area contributed by atoms with Crippen LogP contribution >= 0.6 is 0 Å². The van der Waals surface area contributed by atoms with E-state index < -0.39 is 0 Å². The van der Waals surface area contributed by atoms with Gasteiger partial charge in [0.2, 0.25) is 0 Å². The first-order valence-corrected chi connectivity index (χ1v) is 32.6. The SMILES string of the molecule is N#Cc1ccc(-n2c3ccccc3c3cc(-c4cc5c6c(c4)N(c4cc(-c7ccccc7)cc(-c7ccccc7)c4)c4ccccc4B6c4ccccc4N5c4cc(-c5ccccc5)cc(-c5ccccc5)c4)ccc32)c(-c2cc(-c3ccccc3)nc(-c3ccccc3)n2)c1. The van der Waals surface area contributed by atoms with Crippen LogP contribution in [0.15, 0.2) is 346 Å². The normalized spacial score (nSPS) is 12.1. The minimum absolute atomic E-state index is 0.106. The van der Waals surface area contributed by atoms with Crippen LogP contribution in [0.1, 0.15) is 5.56 Å². The van der Waals surface area contributed by atoms with Gasteiger partial charge in [-0.1, -0.05) is 243 Å². The zero-order valence-corrected chi connectivity index (χ0v) is 52.2. The monoisotopic (exact) mass is 1220 g/mol. The van der Waals surface area contributed by atoms with Crippen molar-refractivity contribution in [2.45, 2.75) is 0 Å². The van der Waals surface area contributed by atoms with Crippen LogP contribution in [0.2, 0.25) is 0 Å². The van der Waals surface area contributed by atoms with Crippen LogP contribution in [-0.2, 0) is 0 Å². The zero-order valence-electron chi connectivity index (χ0n) is 52.2. The molecule has 16 aromatic rings. The van der Waals surface area contributed by atoms with Crippen molar-refractivity contribution in [2.75, 3.05) is 9.80 Å². The fourth-order valence-electron chi connectivity index (χ4n) is 14.8. The van der Waals surface area contributed by atoms with Gasteiger partial charge in [0.25, 0.3) is 6.71 Å². The van der Waals surface area contributed by atoms with Gasteiger partial charge in [0.05, 0.1) is 39.7 Å². The van der Waals surface area contributed by atoms with E-state index in [-0.39, 0.29) is 6.71 Å². The van der Waals surface area contributed by atoms with Gasteiger partial charge in [-0.05, 0) is 175 Å². The molecule has 0 amide bonds. The summed E-state index contributed by atoms with van der Waals surface area (Å²) >= 11 is 0. The summed E-state index contributed by atoms with van der Waals surface area (Å²) in [7, 11) is 0. The molecule has 0 radical (unpaired) electrons. The van der Waals surface area contributed by atoms with Crippen molar-refractivity contribution in [3.63, 3.8) is 0 Å². The Hall–Kier alpha value is -12.9. The number of benzene rings is 14. The molecule has 0 fully saturated rings. The van der Waals surface area contributed by atoms with Crippen molar-refractivity contribution in [2.24, 2.45) is 0 Å². The lowest BCUT2D eigenvalue weighted by Crippen LogP contribution is -2.61. The highest BCUT2D eigenvalue weighted by Crippen LogP contribution is 2.50. The Kier molecular flexibility index (Phi) is 13.6. The third-order valence-corrected chi connectivity index (χ3v) is 19.1. The summed E-state index contributed by atoms with van der Waals surface area (Å²) in [5.41, 5.74) is 29.3. The largest absolute Gasteiger partial charge is 0.311 e. The lowest BCUT2D eigenvalue weighted by molar-refractivity contribution is 1.15. The van der Waals surface area contributed by atoms with Crippen LogP contribution in [-0.4, -0.2) is 21.2 Å². The first-order valence-electron chi connectivity index (χ1n) is 32.6. The fraction of sp³-hybridized carbons (Fsp3) is 0. The Balaban J connectivity index is 0.898. The first-order chi connectivity index (χ1) is 47.5. The van der Waals surface area contributed by atoms with E-state index in [1.54, 1.807) is 0 Å². The molecule has 18 rings (SSSR count). The maximum Gasteiger partial charge on any atom is 0.252 e. The number of nitriles is 1. The summed E-state index contributed by atoms with van der Waals surface area (Å²) in [4.78, 5) is 15.6. The molecule has 0 bridgehead atoms. The third kappa shape index (κ3) is 9.66. The molecule has 96 heavy (non-hydrogen) atoms. The molecular formula is C89H57BN6. The number of para-hydroxylation sites is 3. The molecule has 2 aliphatic rings. The second-order valence-electron chi connectivity index (χ2n) is 24.8. The molecule has 4 heterocycles. The third-order valence-electron chi connectivity index (χ3n) is 19.1. The van der Waals surface area contributed by atoms with Gasteiger partial charge in [-0.15, -0.1) is 0 Å². The van der Waals surface area contributed by atoms with Crippen LogP contribution in [0.4, 0.5) is 34.1 Å². The van der Waals surface area contributed by atoms with Crippen molar-refractivity contribution >= 4 is 79.0 Å². The van der Waals surface area contributed by atoms with Crippen LogP contribution < -0.4 is 26.2 Å². The minimum Gasteiger partial charge on any atom is -0.311 e. The summed E-state index contributed by atoms with van der Waals surface area (Å²) in [5.74, 6) is 0.604. The number of hydrogen-bond donors (Lipinski definition) is 0. The first kappa shape index (κ1) is 55.9. The molecule has 0 atom stereocenters. The summed E-state index contributed by atoms with van der Waals surface area (Å²) in [6.45, 7) is -0.106. The van der Waals surface area contributed by atoms with Crippen molar-refractivity contribution < 1.29 is 0 Å². The summed E-state index contributed by atoms with van der Waals surface area (Å²) in [6.07, 6.45) is 0. The van der Waals surface area contributed by atoms with Crippen molar-refractivity contribution in [3.05, 3.63) is 351 Å². The van der Waals surface area contributed by atoms with E-state index in [2.05, 4.69) is 306 Å². The van der Waals surface area contributed by atoms with Gasteiger partial charge in [0.15, 0.2) is 5.82 Å². The van der Waals surface area contributed by atoms with Gasteiger partial charge in [-0.3, -0.25) is 0 Å². The average molecular weight is 1220 g/mol. The van der Waals surface area contributed by atoms with Gasteiger partial charge in [0, 0.05) is 61.6 Å². The lowest BCUT2D eigenvalue weighted by Gasteiger charge is -2.44. The molecule has 446 valence electrons. The van der Waals surface area contributed by atoms with Gasteiger partial charge >= 0.3 is 0 Å². The Morgan fingerprint density at radius 3 is 1.22 bits per heavy atom. The Morgan fingerprint density at radius 2 is 0.708 bits per heavy atom. The van der Waals surface area contributed by atoms with E-state index in [0.29, 0.717) is 17.1 Å². The second-order valence-corrected chi connectivity index (χ2v) is 24.8. The maximum absolute atomic E-state index is 10.6. The molecule has 6 nitrogen and oxygen atoms in total. The van der Waals surface area contributed by atoms with Gasteiger partial charge in [-0.2, -0.15) is 5.26 Å². The fourth-order valence-corrected chi connectivity index (χ4v) is 14.8. The molecule has 7 heteroatoms. The number of aromatic nitrogens is 3. The Morgan fingerprint density at radius 1 is 0.281 bits per heavy atom. The topological polar surface area (TPSA) is 61.0 Å². The Bertz CT molecular complexity index is 5360. The number of fused-ring (bicyclic) bond motifs is 7. The van der Waals surface area contributed by atoms with Crippen LogP contribution in [0, 0.1) is 11.3 Å². The summed E-state index contributed by atoms with van der Waals surface area (Å²) < 4.78 is 2.35. The highest BCUT2D eigenvalue weighted by Gasteiger charge is 2.44. The molecule has 0 saturated heterocycles. The minimum atomic E-state index is -0.106. The zero-order chi connectivity index (χ0) is 63.6. The van der Waals surface area contributed by atoms with Crippen molar-refractivity contribution in [1.82, 2.24) is 14.5 Å². The molecule has 0 saturated carbocycles. The predicted molar refractivity (Wildman–Crippen MR) is 399 cm³/mol. The highest BCUT2D eigenvalue weighted by atomic mass is 15.2. The molecule has 0 spiro atoms. The lowest BCUT2D eigenvalue weighted by atomic mass is 9.33. The Labute approximate surface area is 557 Å². The van der Waals surface area contributed by atoms with Gasteiger partial charge < -0.3 is 14.4 Å². The standard InChI is InChI=1S/C89H57BN6/c91-58-59-43-45-83(76(47-59)80-57-79(64-33-15-5-16-34-64)92-89(93-80)65-35-17-6-18-36-65)96-81-40-22-19-37-74(81)75-54-66(44-46-82(75)96)71-55-86-88-87(56-71)95(73-52-69(62-29-11-3-12-30-62)49-70(53-73)63-31-13-4-14-32-63)85-42-24-21-39-78(85)90(88)77-38-20-23-41-84(77)94(86)72-50-67(60-25-7-1-8-26-60)48-68(51-72)61-27-9-2-10-28-61/h1-57H. The predicted octanol–water partition coefficient (Wildman–Crippen LogP) is 20.9. The molecule has 2 aliphatic heterocycles. The smallest absolute Gasteiger partial charge is 0.252 e. The molecule has 14 aromatic carbocycles. The van der Waals surface area contributed by atoms with Crippen LogP contribution in [0.25, 0.3) is 117 Å². The van der Waals surface area contributed by atoms with E-state index in [0.717, 1.165) is 140 Å². The molecule has 0 N–H and O–H groups in total. The van der Waals surface area contributed by atoms with Gasteiger partial charge in [-0.25, -0.2) is 9.97 Å². The van der Waals surface area contributed by atoms with Crippen LogP contribution in [0.5, 0.6) is 0 Å². The molecule has 0 unspecified atom stereocenters. The number of hydrogen-bond acceptors (Lipinski definition) is 5. The van der Waals surface area contributed by atoms with E-state index >= 15 is 0 Å². The average Bonchev–Trinajstić information content (AvgIpc) is 0.830. The van der Waals surface area contributed by atoms with Crippen molar-refractivity contribution in [3.8, 4) is 101 Å². The van der Waals surface area contributed by atoms with E-state index in [1.807, 2.05) is 60.7 Å². The maximum atomic E-state index is 10.6. The quantitative estimate of drug-likeness (QED) is 0.121. The summed E-state index contributed by atoms with van der Waals surface area (Å²) in [6, 6.07) is 127.